The van der Waals surface area contributed by atoms with E-state index in [-0.39, 0.29) is 11.6 Å². The minimum absolute atomic E-state index is 0.247. The van der Waals surface area contributed by atoms with Crippen LogP contribution < -0.4 is 10.4 Å². The molecule has 0 amide bonds. The first-order chi connectivity index (χ1) is 13.1. The SMILES string of the molecule is COC(=O)CCc1cc2c(C)cc(=O)oc2c2c1OCN(C1CCCC1)C2. The molecule has 0 bridgehead atoms. The topological polar surface area (TPSA) is 69.0 Å². The summed E-state index contributed by atoms with van der Waals surface area (Å²) in [6.07, 6.45) is 5.69. The van der Waals surface area contributed by atoms with E-state index in [0.717, 1.165) is 27.8 Å². The second kappa shape index (κ2) is 7.35. The van der Waals surface area contributed by atoms with Crippen molar-refractivity contribution in [3.63, 3.8) is 0 Å². The predicted octanol–water partition coefficient (Wildman–Crippen LogP) is 3.30. The van der Waals surface area contributed by atoms with E-state index < -0.39 is 0 Å². The molecule has 1 saturated carbocycles. The summed E-state index contributed by atoms with van der Waals surface area (Å²) in [7, 11) is 1.40. The monoisotopic (exact) mass is 371 g/mol. The number of hydrogen-bond acceptors (Lipinski definition) is 6. The number of carbonyl (C=O) groups excluding carboxylic acids is 1. The van der Waals surface area contributed by atoms with Gasteiger partial charge in [0, 0.05) is 30.5 Å². The number of benzene rings is 1. The van der Waals surface area contributed by atoms with Gasteiger partial charge in [-0.15, -0.1) is 0 Å². The largest absolute Gasteiger partial charge is 0.477 e. The fraction of sp³-hybridized carbons (Fsp3) is 0.524. The Bertz CT molecular complexity index is 926. The van der Waals surface area contributed by atoms with Crippen molar-refractivity contribution in [2.75, 3.05) is 13.8 Å². The first kappa shape index (κ1) is 18.0. The Balaban J connectivity index is 1.79. The van der Waals surface area contributed by atoms with Crippen molar-refractivity contribution in [3.8, 4) is 5.75 Å². The second-order valence-corrected chi connectivity index (χ2v) is 7.50. The zero-order valence-electron chi connectivity index (χ0n) is 15.9. The average Bonchev–Trinajstić information content (AvgIpc) is 3.20. The Morgan fingerprint density at radius 1 is 1.30 bits per heavy atom. The molecule has 1 aliphatic heterocycles. The van der Waals surface area contributed by atoms with Crippen LogP contribution in [0.2, 0.25) is 0 Å². The van der Waals surface area contributed by atoms with Crippen molar-refractivity contribution in [3.05, 3.63) is 39.2 Å². The van der Waals surface area contributed by atoms with Crippen LogP contribution in [0.4, 0.5) is 0 Å². The molecule has 4 rings (SSSR count). The van der Waals surface area contributed by atoms with Crippen LogP contribution in [0, 0.1) is 6.92 Å². The van der Waals surface area contributed by atoms with Gasteiger partial charge in [-0.1, -0.05) is 12.8 Å². The molecule has 0 unspecified atom stereocenters. The van der Waals surface area contributed by atoms with Gasteiger partial charge in [0.15, 0.2) is 0 Å². The molecule has 1 aromatic heterocycles. The highest BCUT2D eigenvalue weighted by Crippen LogP contribution is 2.39. The highest BCUT2D eigenvalue weighted by Gasteiger charge is 2.30. The molecule has 0 saturated heterocycles. The van der Waals surface area contributed by atoms with Gasteiger partial charge < -0.3 is 13.9 Å². The van der Waals surface area contributed by atoms with Crippen molar-refractivity contribution >= 4 is 16.9 Å². The third-order valence-electron chi connectivity index (χ3n) is 5.77. The van der Waals surface area contributed by atoms with Crippen LogP contribution >= 0.6 is 0 Å². The third-order valence-corrected chi connectivity index (χ3v) is 5.77. The van der Waals surface area contributed by atoms with Crippen molar-refractivity contribution < 1.29 is 18.7 Å². The average molecular weight is 371 g/mol. The third kappa shape index (κ3) is 3.46. The number of rotatable bonds is 4. The van der Waals surface area contributed by atoms with Crippen LogP contribution in [-0.4, -0.2) is 30.8 Å². The summed E-state index contributed by atoms with van der Waals surface area (Å²) in [5, 5.41) is 0.907. The minimum Gasteiger partial charge on any atom is -0.477 e. The lowest BCUT2D eigenvalue weighted by Gasteiger charge is -2.34. The van der Waals surface area contributed by atoms with E-state index in [0.29, 0.717) is 37.7 Å². The Labute approximate surface area is 158 Å². The van der Waals surface area contributed by atoms with Crippen LogP contribution in [-0.2, 0) is 22.5 Å². The zero-order chi connectivity index (χ0) is 19.0. The number of esters is 1. The number of ether oxygens (including phenoxy) is 2. The summed E-state index contributed by atoms with van der Waals surface area (Å²) in [5.41, 5.74) is 3.03. The minimum atomic E-state index is -0.345. The smallest absolute Gasteiger partial charge is 0.336 e. The maximum atomic E-state index is 12.0. The van der Waals surface area contributed by atoms with Gasteiger partial charge in [-0.2, -0.15) is 0 Å². The molecule has 0 spiro atoms. The molecule has 1 aliphatic carbocycles. The van der Waals surface area contributed by atoms with Gasteiger partial charge in [0.1, 0.15) is 18.1 Å². The lowest BCUT2D eigenvalue weighted by Crippen LogP contribution is -2.39. The van der Waals surface area contributed by atoms with Crippen molar-refractivity contribution in [1.82, 2.24) is 4.90 Å². The molecular formula is C21H25NO5. The maximum absolute atomic E-state index is 12.0. The number of carbonyl (C=O) groups is 1. The highest BCUT2D eigenvalue weighted by molar-refractivity contribution is 5.86. The molecule has 1 aromatic carbocycles. The summed E-state index contributed by atoms with van der Waals surface area (Å²) in [6.45, 7) is 3.15. The fourth-order valence-electron chi connectivity index (χ4n) is 4.31. The van der Waals surface area contributed by atoms with Crippen LogP contribution in [0.15, 0.2) is 21.3 Å². The standard InChI is InChI=1S/C21H25NO5/c1-13-9-19(24)27-21-16(13)10-14(7-8-18(23)25-2)20-17(21)11-22(12-26-20)15-5-3-4-6-15/h9-10,15H,3-8,11-12H2,1-2H3. The van der Waals surface area contributed by atoms with E-state index in [1.165, 1.54) is 38.9 Å². The predicted molar refractivity (Wildman–Crippen MR) is 101 cm³/mol. The molecule has 144 valence electrons. The van der Waals surface area contributed by atoms with Crippen LogP contribution in [0.3, 0.4) is 0 Å². The van der Waals surface area contributed by atoms with Gasteiger partial charge in [-0.3, -0.25) is 9.69 Å². The van der Waals surface area contributed by atoms with Gasteiger partial charge in [-0.05, 0) is 43.4 Å². The van der Waals surface area contributed by atoms with Crippen molar-refractivity contribution in [2.24, 2.45) is 0 Å². The molecule has 2 heterocycles. The highest BCUT2D eigenvalue weighted by atomic mass is 16.5. The Kier molecular flexibility index (Phi) is 4.91. The van der Waals surface area contributed by atoms with Gasteiger partial charge in [0.2, 0.25) is 0 Å². The number of nitrogens with zero attached hydrogens (tertiary/aromatic N) is 1. The van der Waals surface area contributed by atoms with Gasteiger partial charge in [0.25, 0.3) is 0 Å². The van der Waals surface area contributed by atoms with Crippen molar-refractivity contribution in [2.45, 2.75) is 58.0 Å². The van der Waals surface area contributed by atoms with E-state index in [4.69, 9.17) is 13.9 Å². The van der Waals surface area contributed by atoms with E-state index in [9.17, 15) is 9.59 Å². The summed E-state index contributed by atoms with van der Waals surface area (Å²) < 4.78 is 16.5. The Hall–Kier alpha value is -2.34. The molecule has 2 aliphatic rings. The second-order valence-electron chi connectivity index (χ2n) is 7.50. The first-order valence-corrected chi connectivity index (χ1v) is 9.59. The number of methoxy groups -OCH3 is 1. The zero-order valence-corrected chi connectivity index (χ0v) is 15.9. The number of aryl methyl sites for hydroxylation is 2. The number of hydrogen-bond donors (Lipinski definition) is 0. The molecule has 27 heavy (non-hydrogen) atoms. The normalized spacial score (nSPS) is 17.7. The molecule has 6 nitrogen and oxygen atoms in total. The Morgan fingerprint density at radius 3 is 2.81 bits per heavy atom. The van der Waals surface area contributed by atoms with Crippen LogP contribution in [0.25, 0.3) is 11.0 Å². The number of fused-ring (bicyclic) bond motifs is 3. The molecule has 0 N–H and O–H groups in total. The summed E-state index contributed by atoms with van der Waals surface area (Å²) in [6, 6.07) is 4.01. The van der Waals surface area contributed by atoms with Gasteiger partial charge in [-0.25, -0.2) is 4.79 Å². The molecule has 6 heteroatoms. The summed E-state index contributed by atoms with van der Waals surface area (Å²) >= 11 is 0. The lowest BCUT2D eigenvalue weighted by atomic mass is 9.97. The quantitative estimate of drug-likeness (QED) is 0.607. The summed E-state index contributed by atoms with van der Waals surface area (Å²) in [5.74, 6) is 0.512. The van der Waals surface area contributed by atoms with Gasteiger partial charge in [0.05, 0.1) is 12.7 Å². The molecule has 1 fully saturated rings. The first-order valence-electron chi connectivity index (χ1n) is 9.59. The maximum Gasteiger partial charge on any atom is 0.336 e. The van der Waals surface area contributed by atoms with Crippen LogP contribution in [0.5, 0.6) is 5.75 Å². The molecule has 0 atom stereocenters. The van der Waals surface area contributed by atoms with E-state index in [2.05, 4.69) is 4.90 Å². The molecule has 0 radical (unpaired) electrons. The van der Waals surface area contributed by atoms with E-state index in [1.54, 1.807) is 0 Å². The van der Waals surface area contributed by atoms with Crippen molar-refractivity contribution in [1.29, 1.82) is 0 Å². The lowest BCUT2D eigenvalue weighted by molar-refractivity contribution is -0.140. The molecular weight excluding hydrogens is 346 g/mol. The Morgan fingerprint density at radius 2 is 2.07 bits per heavy atom. The van der Waals surface area contributed by atoms with Crippen LogP contribution in [0.1, 0.15) is 48.8 Å². The van der Waals surface area contributed by atoms with Gasteiger partial charge >= 0.3 is 11.6 Å². The fourth-order valence-corrected chi connectivity index (χ4v) is 4.31. The summed E-state index contributed by atoms with van der Waals surface area (Å²) in [4.78, 5) is 25.9. The molecule has 2 aromatic rings. The van der Waals surface area contributed by atoms with E-state index in [1.807, 2.05) is 13.0 Å². The van der Waals surface area contributed by atoms with E-state index >= 15 is 0 Å².